The van der Waals surface area contributed by atoms with E-state index in [0.29, 0.717) is 60.3 Å². The zero-order valence-corrected chi connectivity index (χ0v) is 24.7. The third kappa shape index (κ3) is 5.17. The summed E-state index contributed by atoms with van der Waals surface area (Å²) in [5.74, 6) is -1.10. The van der Waals surface area contributed by atoms with E-state index >= 15 is 0 Å². The van der Waals surface area contributed by atoms with Crippen LogP contribution in [0.5, 0.6) is 0 Å². The summed E-state index contributed by atoms with van der Waals surface area (Å²) in [6, 6.07) is 13.7. The Morgan fingerprint density at radius 2 is 1.80 bits per heavy atom. The summed E-state index contributed by atoms with van der Waals surface area (Å²) in [7, 11) is 0. The van der Waals surface area contributed by atoms with Gasteiger partial charge in [0, 0.05) is 48.6 Å². The number of aromatic nitrogens is 5. The van der Waals surface area contributed by atoms with Crippen LogP contribution >= 0.6 is 0 Å². The summed E-state index contributed by atoms with van der Waals surface area (Å²) in [5.41, 5.74) is 3.86. The Bertz CT molecular complexity index is 2010. The second-order valence-electron chi connectivity index (χ2n) is 11.6. The zero-order valence-electron chi connectivity index (χ0n) is 24.7. The molecule has 1 spiro atoms. The van der Waals surface area contributed by atoms with Crippen molar-refractivity contribution in [2.75, 3.05) is 13.2 Å². The van der Waals surface area contributed by atoms with Crippen molar-refractivity contribution in [3.8, 4) is 22.5 Å². The van der Waals surface area contributed by atoms with Crippen molar-refractivity contribution in [1.82, 2.24) is 24.3 Å². The van der Waals surface area contributed by atoms with Gasteiger partial charge < -0.3 is 9.47 Å². The van der Waals surface area contributed by atoms with Gasteiger partial charge >= 0.3 is 5.76 Å². The molecule has 0 bridgehead atoms. The fraction of sp³-hybridized carbons (Fsp3) is 0.375. The molecular formula is C32H32N6O7. The molecule has 3 aromatic heterocycles. The van der Waals surface area contributed by atoms with Gasteiger partial charge in [-0.15, -0.1) is 0 Å². The number of hydrogen-bond donors (Lipinski definition) is 1. The predicted octanol–water partition coefficient (Wildman–Crippen LogP) is 4.82. The molecule has 7 rings (SSSR count). The van der Waals surface area contributed by atoms with Crippen molar-refractivity contribution in [3.05, 3.63) is 103 Å². The molecule has 0 amide bonds. The Morgan fingerprint density at radius 1 is 1.04 bits per heavy atom. The molecule has 232 valence electrons. The van der Waals surface area contributed by atoms with Crippen molar-refractivity contribution in [1.29, 1.82) is 0 Å². The summed E-state index contributed by atoms with van der Waals surface area (Å²) >= 11 is 0. The highest BCUT2D eigenvalue weighted by Crippen LogP contribution is 2.41. The van der Waals surface area contributed by atoms with Crippen LogP contribution in [-0.2, 0) is 22.3 Å². The van der Waals surface area contributed by atoms with Crippen molar-refractivity contribution in [3.63, 3.8) is 0 Å². The van der Waals surface area contributed by atoms with Crippen LogP contribution in [0.25, 0.3) is 28.2 Å². The van der Waals surface area contributed by atoms with Gasteiger partial charge in [-0.05, 0) is 36.5 Å². The van der Waals surface area contributed by atoms with Crippen molar-refractivity contribution < 1.29 is 18.9 Å². The van der Waals surface area contributed by atoms with Crippen molar-refractivity contribution >= 4 is 11.3 Å². The molecule has 1 saturated heterocycles. The van der Waals surface area contributed by atoms with E-state index in [1.165, 1.54) is 6.07 Å². The molecule has 0 atom stereocenters. The number of aryl methyl sites for hydroxylation is 1. The van der Waals surface area contributed by atoms with Crippen LogP contribution in [0.4, 0.5) is 5.69 Å². The lowest BCUT2D eigenvalue weighted by atomic mass is 9.89. The Morgan fingerprint density at radius 3 is 2.49 bits per heavy atom. The number of nitrogens with zero attached hydrogens (tertiary/aromatic N) is 5. The monoisotopic (exact) mass is 612 g/mol. The molecule has 4 heterocycles. The lowest BCUT2D eigenvalue weighted by Gasteiger charge is -2.36. The number of nitro benzene ring substituents is 1. The first kappa shape index (κ1) is 28.9. The number of benzene rings is 2. The number of fused-ring (bicyclic) bond motifs is 1. The lowest BCUT2D eigenvalue weighted by Crippen LogP contribution is -2.39. The smallest absolute Gasteiger partial charge is 0.348 e. The molecule has 1 N–H and O–H groups in total. The summed E-state index contributed by atoms with van der Waals surface area (Å²) in [6.45, 7) is 3.22. The Kier molecular flexibility index (Phi) is 7.42. The number of nitro groups is 1. The van der Waals surface area contributed by atoms with Crippen LogP contribution in [-0.4, -0.2) is 48.2 Å². The highest BCUT2D eigenvalue weighted by atomic mass is 16.7. The molecule has 13 nitrogen and oxygen atoms in total. The van der Waals surface area contributed by atoms with Gasteiger partial charge in [0.25, 0.3) is 11.2 Å². The molecular weight excluding hydrogens is 580 g/mol. The predicted molar refractivity (Wildman–Crippen MR) is 163 cm³/mol. The van der Waals surface area contributed by atoms with E-state index in [0.717, 1.165) is 30.6 Å². The van der Waals surface area contributed by atoms with Gasteiger partial charge in [0.1, 0.15) is 5.65 Å². The van der Waals surface area contributed by atoms with E-state index in [4.69, 9.17) is 9.47 Å². The second kappa shape index (κ2) is 11.6. The standard InChI is InChI=1S/C32H32N6O7/c1-2-5-26-25(30(39)36(28-12-15-33-37(26)28)21-10-13-32(14-11-21)43-16-17-44-32)18-20-8-9-23(27(19-20)38(41)42)22-6-3-4-7-24(22)29-34-31(40)45-35-29/h3-4,6-9,12,15,19,21H,2,5,10-11,13-14,16-18H2,1H3,(H,34,35,40). The lowest BCUT2D eigenvalue weighted by molar-refractivity contribution is -0.384. The van der Waals surface area contributed by atoms with Gasteiger partial charge in [0.15, 0.2) is 11.6 Å². The molecule has 2 aromatic carbocycles. The topological polar surface area (TPSA) is 160 Å². The first-order valence-electron chi connectivity index (χ1n) is 15.2. The van der Waals surface area contributed by atoms with Gasteiger partial charge in [-0.1, -0.05) is 48.8 Å². The summed E-state index contributed by atoms with van der Waals surface area (Å²) in [6.07, 6.45) is 6.19. The van der Waals surface area contributed by atoms with Gasteiger partial charge in [-0.25, -0.2) is 9.31 Å². The fourth-order valence-corrected chi connectivity index (χ4v) is 6.84. The number of aromatic amines is 1. The van der Waals surface area contributed by atoms with Gasteiger partial charge in [-0.3, -0.25) is 29.0 Å². The van der Waals surface area contributed by atoms with Gasteiger partial charge in [-0.2, -0.15) is 5.10 Å². The summed E-state index contributed by atoms with van der Waals surface area (Å²) < 4.78 is 20.2. The van der Waals surface area contributed by atoms with Crippen LogP contribution in [0.3, 0.4) is 0 Å². The highest BCUT2D eigenvalue weighted by Gasteiger charge is 2.41. The largest absolute Gasteiger partial charge is 0.439 e. The van der Waals surface area contributed by atoms with E-state index in [9.17, 15) is 19.7 Å². The number of hydrogen-bond acceptors (Lipinski definition) is 9. The highest BCUT2D eigenvalue weighted by molar-refractivity contribution is 5.85. The zero-order chi connectivity index (χ0) is 31.1. The fourth-order valence-electron chi connectivity index (χ4n) is 6.84. The molecule has 0 radical (unpaired) electrons. The molecule has 2 fully saturated rings. The van der Waals surface area contributed by atoms with E-state index in [2.05, 4.69) is 19.8 Å². The normalized spacial score (nSPS) is 16.6. The van der Waals surface area contributed by atoms with Crippen LogP contribution < -0.4 is 11.3 Å². The minimum atomic E-state index is -0.722. The van der Waals surface area contributed by atoms with Crippen molar-refractivity contribution in [2.45, 2.75) is 63.7 Å². The summed E-state index contributed by atoms with van der Waals surface area (Å²) in [5, 5.41) is 20.8. The van der Waals surface area contributed by atoms with E-state index < -0.39 is 16.5 Å². The molecule has 1 saturated carbocycles. The third-order valence-electron chi connectivity index (χ3n) is 8.89. The molecule has 1 aliphatic carbocycles. The van der Waals surface area contributed by atoms with Crippen molar-refractivity contribution in [2.24, 2.45) is 0 Å². The molecule has 1 aliphatic heterocycles. The number of ether oxygens (including phenoxy) is 2. The summed E-state index contributed by atoms with van der Waals surface area (Å²) in [4.78, 5) is 40.5. The van der Waals surface area contributed by atoms with E-state index in [1.807, 2.05) is 22.1 Å². The first-order chi connectivity index (χ1) is 21.9. The number of rotatable bonds is 8. The average molecular weight is 613 g/mol. The molecule has 13 heteroatoms. The van der Waals surface area contributed by atoms with Crippen LogP contribution in [0, 0.1) is 10.1 Å². The Hall–Kier alpha value is -4.88. The Balaban J connectivity index is 1.30. The Labute approximate surface area is 256 Å². The maximum atomic E-state index is 14.4. The van der Waals surface area contributed by atoms with Crippen LogP contribution in [0.15, 0.2) is 68.8 Å². The first-order valence-corrected chi connectivity index (χ1v) is 15.2. The minimum absolute atomic E-state index is 0.0549. The number of H-pyrrole nitrogens is 1. The maximum Gasteiger partial charge on any atom is 0.439 e. The molecule has 2 aliphatic rings. The molecule has 45 heavy (non-hydrogen) atoms. The average Bonchev–Trinajstić information content (AvgIpc) is 3.82. The van der Waals surface area contributed by atoms with Gasteiger partial charge in [0.05, 0.1) is 35.6 Å². The molecule has 5 aromatic rings. The van der Waals surface area contributed by atoms with Crippen LogP contribution in [0.1, 0.15) is 61.9 Å². The quantitative estimate of drug-likeness (QED) is 0.191. The third-order valence-corrected chi connectivity index (χ3v) is 8.89. The van der Waals surface area contributed by atoms with E-state index in [1.54, 1.807) is 42.6 Å². The van der Waals surface area contributed by atoms with Gasteiger partial charge in [0.2, 0.25) is 0 Å². The molecule has 0 unspecified atom stereocenters. The van der Waals surface area contributed by atoms with E-state index in [-0.39, 0.29) is 29.5 Å². The SMILES string of the molecule is CCCc1c(Cc2ccc(-c3ccccc3-c3noc(=O)[nH]3)c([N+](=O)[O-])c2)c(=O)n(C2CCC3(CC2)OCCO3)c2ccnn12. The number of nitrogens with one attached hydrogen (secondary N) is 1. The maximum absolute atomic E-state index is 14.4. The van der Waals surface area contributed by atoms with Crippen LogP contribution in [0.2, 0.25) is 0 Å². The minimum Gasteiger partial charge on any atom is -0.348 e. The second-order valence-corrected chi connectivity index (χ2v) is 11.6.